The molecule has 0 saturated carbocycles. The van der Waals surface area contributed by atoms with Gasteiger partial charge in [0, 0.05) is 22.8 Å². The minimum Gasteiger partial charge on any atom is -0.462 e. The standard InChI is InChI=1S/C15H13N3O2S2/c1-3-20-15(19)13-9(2)18-14(22-13)12-5-4-11(21-12)10-6-16-8-17-7-10/h4-8H,3H2,1-2H3. The Balaban J connectivity index is 1.91. The molecule has 112 valence electrons. The van der Waals surface area contributed by atoms with Crippen LogP contribution in [0.1, 0.15) is 22.3 Å². The molecule has 5 nitrogen and oxygen atoms in total. The van der Waals surface area contributed by atoms with Crippen molar-refractivity contribution in [1.29, 1.82) is 0 Å². The van der Waals surface area contributed by atoms with E-state index in [1.54, 1.807) is 30.7 Å². The number of aryl methyl sites for hydroxylation is 1. The third-order valence-electron chi connectivity index (χ3n) is 2.92. The van der Waals surface area contributed by atoms with E-state index in [0.29, 0.717) is 17.2 Å². The summed E-state index contributed by atoms with van der Waals surface area (Å²) in [5.41, 5.74) is 1.68. The molecule has 0 fully saturated rings. The topological polar surface area (TPSA) is 65.0 Å². The van der Waals surface area contributed by atoms with Crippen molar-refractivity contribution in [3.63, 3.8) is 0 Å². The van der Waals surface area contributed by atoms with Crippen molar-refractivity contribution in [2.24, 2.45) is 0 Å². The normalized spacial score (nSPS) is 10.6. The highest BCUT2D eigenvalue weighted by molar-refractivity contribution is 7.24. The Morgan fingerprint density at radius 3 is 2.64 bits per heavy atom. The van der Waals surface area contributed by atoms with Crippen LogP contribution in [-0.2, 0) is 4.74 Å². The van der Waals surface area contributed by atoms with Crippen LogP contribution >= 0.6 is 22.7 Å². The van der Waals surface area contributed by atoms with E-state index in [1.807, 2.05) is 19.1 Å². The smallest absolute Gasteiger partial charge is 0.350 e. The van der Waals surface area contributed by atoms with E-state index in [-0.39, 0.29) is 5.97 Å². The van der Waals surface area contributed by atoms with Gasteiger partial charge in [-0.25, -0.2) is 19.7 Å². The molecule has 0 N–H and O–H groups in total. The average molecular weight is 331 g/mol. The van der Waals surface area contributed by atoms with E-state index >= 15 is 0 Å². The van der Waals surface area contributed by atoms with Gasteiger partial charge in [0.1, 0.15) is 16.2 Å². The van der Waals surface area contributed by atoms with E-state index in [1.165, 1.54) is 17.7 Å². The maximum atomic E-state index is 11.9. The first-order valence-corrected chi connectivity index (χ1v) is 8.32. The molecule has 22 heavy (non-hydrogen) atoms. The first-order chi connectivity index (χ1) is 10.7. The van der Waals surface area contributed by atoms with Gasteiger partial charge in [-0.05, 0) is 26.0 Å². The summed E-state index contributed by atoms with van der Waals surface area (Å²) >= 11 is 2.96. The molecule has 0 aromatic carbocycles. The third kappa shape index (κ3) is 2.90. The summed E-state index contributed by atoms with van der Waals surface area (Å²) < 4.78 is 5.05. The number of carbonyl (C=O) groups excluding carboxylic acids is 1. The van der Waals surface area contributed by atoms with Crippen LogP contribution < -0.4 is 0 Å². The highest BCUT2D eigenvalue weighted by atomic mass is 32.1. The van der Waals surface area contributed by atoms with E-state index in [2.05, 4.69) is 15.0 Å². The molecule has 3 heterocycles. The average Bonchev–Trinajstić information content (AvgIpc) is 3.15. The molecule has 7 heteroatoms. The van der Waals surface area contributed by atoms with Gasteiger partial charge in [-0.3, -0.25) is 0 Å². The maximum absolute atomic E-state index is 11.9. The molecule has 0 bridgehead atoms. The summed E-state index contributed by atoms with van der Waals surface area (Å²) in [6.07, 6.45) is 5.06. The van der Waals surface area contributed by atoms with E-state index in [9.17, 15) is 4.79 Å². The lowest BCUT2D eigenvalue weighted by molar-refractivity contribution is 0.0531. The molecule has 0 aliphatic rings. The quantitative estimate of drug-likeness (QED) is 0.680. The Labute approximate surface area is 135 Å². The largest absolute Gasteiger partial charge is 0.462 e. The van der Waals surface area contributed by atoms with Crippen molar-refractivity contribution >= 4 is 28.6 Å². The lowest BCUT2D eigenvalue weighted by Crippen LogP contribution is -2.03. The zero-order chi connectivity index (χ0) is 15.5. The van der Waals surface area contributed by atoms with Crippen LogP contribution in [0.4, 0.5) is 0 Å². The Bertz CT molecular complexity index is 796. The van der Waals surface area contributed by atoms with E-state index < -0.39 is 0 Å². The van der Waals surface area contributed by atoms with Crippen LogP contribution in [0.2, 0.25) is 0 Å². The van der Waals surface area contributed by atoms with Gasteiger partial charge in [0.05, 0.1) is 17.2 Å². The van der Waals surface area contributed by atoms with Gasteiger partial charge < -0.3 is 4.74 Å². The maximum Gasteiger partial charge on any atom is 0.350 e. The zero-order valence-corrected chi connectivity index (χ0v) is 13.7. The molecule has 3 aromatic heterocycles. The molecule has 0 aliphatic carbocycles. The lowest BCUT2D eigenvalue weighted by Gasteiger charge is -1.97. The number of esters is 1. The van der Waals surface area contributed by atoms with Gasteiger partial charge in [-0.2, -0.15) is 0 Å². The predicted molar refractivity (Wildman–Crippen MR) is 87.1 cm³/mol. The fourth-order valence-electron chi connectivity index (χ4n) is 1.92. The number of hydrogen-bond acceptors (Lipinski definition) is 7. The summed E-state index contributed by atoms with van der Waals surface area (Å²) in [6.45, 7) is 3.98. The Hall–Kier alpha value is -2.12. The summed E-state index contributed by atoms with van der Waals surface area (Å²) in [4.78, 5) is 27.1. The van der Waals surface area contributed by atoms with E-state index in [4.69, 9.17) is 4.74 Å². The van der Waals surface area contributed by atoms with Gasteiger partial charge in [0.25, 0.3) is 0 Å². The number of aromatic nitrogens is 3. The number of thiophene rings is 1. The number of nitrogens with zero attached hydrogens (tertiary/aromatic N) is 3. The first-order valence-electron chi connectivity index (χ1n) is 6.69. The number of hydrogen-bond donors (Lipinski definition) is 0. The fraction of sp³-hybridized carbons (Fsp3) is 0.200. The molecule has 0 amide bonds. The van der Waals surface area contributed by atoms with Crippen LogP contribution in [0.5, 0.6) is 0 Å². The SMILES string of the molecule is CCOC(=O)c1sc(-c2ccc(-c3cncnc3)s2)nc1C. The van der Waals surface area contributed by atoms with Crippen LogP contribution in [0.3, 0.4) is 0 Å². The second-order valence-corrected chi connectivity index (χ2v) is 6.53. The minimum atomic E-state index is -0.308. The molecule has 0 unspecified atom stereocenters. The van der Waals surface area contributed by atoms with Crippen molar-refractivity contribution in [1.82, 2.24) is 15.0 Å². The number of carbonyl (C=O) groups is 1. The molecule has 3 rings (SSSR count). The highest BCUT2D eigenvalue weighted by Crippen LogP contribution is 2.36. The first kappa shape index (κ1) is 14.8. The number of rotatable bonds is 4. The van der Waals surface area contributed by atoms with Gasteiger partial charge in [-0.1, -0.05) is 0 Å². The second kappa shape index (κ2) is 6.33. The molecular formula is C15H13N3O2S2. The van der Waals surface area contributed by atoms with Gasteiger partial charge >= 0.3 is 5.97 Å². The Morgan fingerprint density at radius 1 is 1.18 bits per heavy atom. The summed E-state index contributed by atoms with van der Waals surface area (Å²) in [5.74, 6) is -0.308. The van der Waals surface area contributed by atoms with Gasteiger partial charge in [0.2, 0.25) is 0 Å². The summed E-state index contributed by atoms with van der Waals surface area (Å²) in [7, 11) is 0. The second-order valence-electron chi connectivity index (χ2n) is 4.45. The molecule has 0 aliphatic heterocycles. The molecule has 0 spiro atoms. The lowest BCUT2D eigenvalue weighted by atomic mass is 10.3. The molecule has 0 atom stereocenters. The van der Waals surface area contributed by atoms with Crippen molar-refractivity contribution in [3.05, 3.63) is 41.4 Å². The number of ether oxygens (including phenoxy) is 1. The van der Waals surface area contributed by atoms with Crippen LogP contribution in [0, 0.1) is 6.92 Å². The zero-order valence-electron chi connectivity index (χ0n) is 12.1. The molecule has 0 saturated heterocycles. The Kier molecular flexibility index (Phi) is 4.26. The molecule has 3 aromatic rings. The van der Waals surface area contributed by atoms with Crippen LogP contribution in [0.15, 0.2) is 30.9 Å². The summed E-state index contributed by atoms with van der Waals surface area (Å²) in [6, 6.07) is 4.01. The number of thiazole rings is 1. The van der Waals surface area contributed by atoms with Crippen molar-refractivity contribution < 1.29 is 9.53 Å². The highest BCUT2D eigenvalue weighted by Gasteiger charge is 2.18. The van der Waals surface area contributed by atoms with Crippen molar-refractivity contribution in [2.45, 2.75) is 13.8 Å². The monoisotopic (exact) mass is 331 g/mol. The van der Waals surface area contributed by atoms with Gasteiger partial charge in [-0.15, -0.1) is 22.7 Å². The minimum absolute atomic E-state index is 0.308. The fourth-order valence-corrected chi connectivity index (χ4v) is 3.92. The third-order valence-corrected chi connectivity index (χ3v) is 5.36. The van der Waals surface area contributed by atoms with Crippen molar-refractivity contribution in [3.8, 4) is 20.3 Å². The van der Waals surface area contributed by atoms with E-state index in [0.717, 1.165) is 20.3 Å². The Morgan fingerprint density at radius 2 is 1.91 bits per heavy atom. The molecular weight excluding hydrogens is 318 g/mol. The van der Waals surface area contributed by atoms with Crippen LogP contribution in [-0.4, -0.2) is 27.5 Å². The summed E-state index contributed by atoms with van der Waals surface area (Å²) in [5, 5.41) is 0.827. The van der Waals surface area contributed by atoms with Crippen LogP contribution in [0.25, 0.3) is 20.3 Å². The van der Waals surface area contributed by atoms with Crippen molar-refractivity contribution in [2.75, 3.05) is 6.61 Å². The van der Waals surface area contributed by atoms with Gasteiger partial charge in [0.15, 0.2) is 0 Å². The molecule has 0 radical (unpaired) electrons. The predicted octanol–water partition coefficient (Wildman–Crippen LogP) is 3.81.